The highest BCUT2D eigenvalue weighted by molar-refractivity contribution is 5.87. The van der Waals surface area contributed by atoms with Gasteiger partial charge in [0, 0.05) is 13.6 Å². The Morgan fingerprint density at radius 1 is 1.12 bits per heavy atom. The van der Waals surface area contributed by atoms with E-state index in [9.17, 15) is 14.0 Å². The van der Waals surface area contributed by atoms with Crippen LogP contribution in [-0.4, -0.2) is 43.0 Å². The standard InChI is InChI=1S/C20H23FN2O3/c1-15(20(25)22-2)23(13-12-16-6-4-3-5-7-16)19(24)14-26-18-10-8-17(21)9-11-18/h3-11,15H,12-14H2,1-2H3,(H,22,25)/t15-/m0/s1. The number of hydrogen-bond donors (Lipinski definition) is 1. The number of likely N-dealkylation sites (N-methyl/N-ethyl adjacent to an activating group) is 1. The average molecular weight is 358 g/mol. The first-order valence-electron chi connectivity index (χ1n) is 8.44. The lowest BCUT2D eigenvalue weighted by atomic mass is 10.1. The van der Waals surface area contributed by atoms with Crippen LogP contribution >= 0.6 is 0 Å². The van der Waals surface area contributed by atoms with Crippen LogP contribution in [0.25, 0.3) is 0 Å². The van der Waals surface area contributed by atoms with E-state index in [0.29, 0.717) is 18.7 Å². The Hall–Kier alpha value is -2.89. The molecule has 0 bridgehead atoms. The molecule has 0 unspecified atom stereocenters. The minimum absolute atomic E-state index is 0.220. The van der Waals surface area contributed by atoms with E-state index in [1.54, 1.807) is 6.92 Å². The van der Waals surface area contributed by atoms with Gasteiger partial charge in [0.1, 0.15) is 17.6 Å². The molecule has 0 aromatic heterocycles. The maximum Gasteiger partial charge on any atom is 0.261 e. The number of halogens is 1. The highest BCUT2D eigenvalue weighted by atomic mass is 19.1. The molecule has 1 N–H and O–H groups in total. The summed E-state index contributed by atoms with van der Waals surface area (Å²) in [6.07, 6.45) is 0.629. The zero-order valence-electron chi connectivity index (χ0n) is 14.9. The van der Waals surface area contributed by atoms with Crippen molar-refractivity contribution in [2.45, 2.75) is 19.4 Å². The fourth-order valence-electron chi connectivity index (χ4n) is 2.54. The summed E-state index contributed by atoms with van der Waals surface area (Å²) in [6.45, 7) is 1.85. The van der Waals surface area contributed by atoms with Crippen molar-refractivity contribution >= 4 is 11.8 Å². The zero-order chi connectivity index (χ0) is 18.9. The molecule has 0 saturated heterocycles. The van der Waals surface area contributed by atoms with E-state index >= 15 is 0 Å². The normalized spacial score (nSPS) is 11.5. The van der Waals surface area contributed by atoms with Crippen molar-refractivity contribution in [3.8, 4) is 5.75 Å². The van der Waals surface area contributed by atoms with Gasteiger partial charge in [-0.05, 0) is 43.2 Å². The molecule has 0 radical (unpaired) electrons. The average Bonchev–Trinajstić information content (AvgIpc) is 2.67. The first kappa shape index (κ1) is 19.4. The monoisotopic (exact) mass is 358 g/mol. The topological polar surface area (TPSA) is 58.6 Å². The van der Waals surface area contributed by atoms with Crippen molar-refractivity contribution in [1.29, 1.82) is 0 Å². The summed E-state index contributed by atoms with van der Waals surface area (Å²) in [5.41, 5.74) is 1.08. The summed E-state index contributed by atoms with van der Waals surface area (Å²) in [7, 11) is 1.54. The van der Waals surface area contributed by atoms with Gasteiger partial charge in [-0.1, -0.05) is 30.3 Å². The van der Waals surface area contributed by atoms with Crippen LogP contribution < -0.4 is 10.1 Å². The third kappa shape index (κ3) is 5.58. The molecular formula is C20H23FN2O3. The minimum atomic E-state index is -0.618. The van der Waals surface area contributed by atoms with E-state index in [1.165, 1.54) is 36.2 Å². The lowest BCUT2D eigenvalue weighted by Gasteiger charge is -2.28. The summed E-state index contributed by atoms with van der Waals surface area (Å²) in [6, 6.07) is 14.6. The van der Waals surface area contributed by atoms with Crippen molar-refractivity contribution in [1.82, 2.24) is 10.2 Å². The smallest absolute Gasteiger partial charge is 0.261 e. The zero-order valence-corrected chi connectivity index (χ0v) is 14.9. The second-order valence-corrected chi connectivity index (χ2v) is 5.86. The van der Waals surface area contributed by atoms with Crippen LogP contribution in [0.1, 0.15) is 12.5 Å². The lowest BCUT2D eigenvalue weighted by Crippen LogP contribution is -2.49. The number of benzene rings is 2. The Balaban J connectivity index is 2.02. The summed E-state index contributed by atoms with van der Waals surface area (Å²) >= 11 is 0. The third-order valence-corrected chi connectivity index (χ3v) is 4.07. The predicted octanol–water partition coefficient (Wildman–Crippen LogP) is 2.41. The van der Waals surface area contributed by atoms with E-state index < -0.39 is 6.04 Å². The molecule has 0 spiro atoms. The van der Waals surface area contributed by atoms with Gasteiger partial charge in [-0.25, -0.2) is 4.39 Å². The van der Waals surface area contributed by atoms with Gasteiger partial charge in [0.2, 0.25) is 5.91 Å². The van der Waals surface area contributed by atoms with E-state index in [4.69, 9.17) is 4.74 Å². The molecule has 0 aliphatic rings. The van der Waals surface area contributed by atoms with Crippen LogP contribution in [0.5, 0.6) is 5.75 Å². The first-order chi connectivity index (χ1) is 12.5. The molecule has 2 aromatic rings. The molecule has 0 fully saturated rings. The summed E-state index contributed by atoms with van der Waals surface area (Å²) in [5, 5.41) is 2.56. The Bertz CT molecular complexity index is 720. The number of nitrogens with zero attached hydrogens (tertiary/aromatic N) is 1. The Morgan fingerprint density at radius 3 is 2.38 bits per heavy atom. The highest BCUT2D eigenvalue weighted by Crippen LogP contribution is 2.12. The van der Waals surface area contributed by atoms with Crippen molar-refractivity contribution in [3.63, 3.8) is 0 Å². The van der Waals surface area contributed by atoms with Crippen LogP contribution in [0.3, 0.4) is 0 Å². The molecule has 0 aliphatic heterocycles. The van der Waals surface area contributed by atoms with Gasteiger partial charge in [-0.2, -0.15) is 0 Å². The fourth-order valence-corrected chi connectivity index (χ4v) is 2.54. The number of ether oxygens (including phenoxy) is 1. The Morgan fingerprint density at radius 2 is 1.77 bits per heavy atom. The van der Waals surface area contributed by atoms with E-state index in [1.807, 2.05) is 30.3 Å². The van der Waals surface area contributed by atoms with Gasteiger partial charge in [0.15, 0.2) is 6.61 Å². The summed E-state index contributed by atoms with van der Waals surface area (Å²) in [5.74, 6) is -0.522. The number of nitrogens with one attached hydrogen (secondary N) is 1. The van der Waals surface area contributed by atoms with Crippen LogP contribution in [0, 0.1) is 5.82 Å². The number of hydrogen-bond acceptors (Lipinski definition) is 3. The molecule has 6 heteroatoms. The number of carbonyl (C=O) groups excluding carboxylic acids is 2. The van der Waals surface area contributed by atoms with Gasteiger partial charge in [0.25, 0.3) is 5.91 Å². The number of rotatable bonds is 8. The molecule has 2 rings (SSSR count). The second-order valence-electron chi connectivity index (χ2n) is 5.86. The van der Waals surface area contributed by atoms with Crippen molar-refractivity contribution in [3.05, 3.63) is 66.0 Å². The van der Waals surface area contributed by atoms with E-state index in [2.05, 4.69) is 5.32 Å². The van der Waals surface area contributed by atoms with Gasteiger partial charge < -0.3 is 15.0 Å². The van der Waals surface area contributed by atoms with Crippen molar-refractivity contribution in [2.24, 2.45) is 0 Å². The van der Waals surface area contributed by atoms with Crippen molar-refractivity contribution < 1.29 is 18.7 Å². The van der Waals surface area contributed by atoms with Gasteiger partial charge in [0.05, 0.1) is 0 Å². The molecule has 2 aromatic carbocycles. The third-order valence-electron chi connectivity index (χ3n) is 4.07. The van der Waals surface area contributed by atoms with Crippen molar-refractivity contribution in [2.75, 3.05) is 20.2 Å². The minimum Gasteiger partial charge on any atom is -0.484 e. The number of amides is 2. The molecule has 138 valence electrons. The largest absolute Gasteiger partial charge is 0.484 e. The van der Waals surface area contributed by atoms with E-state index in [0.717, 1.165) is 5.56 Å². The molecule has 1 atom stereocenters. The molecule has 0 aliphatic carbocycles. The highest BCUT2D eigenvalue weighted by Gasteiger charge is 2.25. The van der Waals surface area contributed by atoms with Gasteiger partial charge >= 0.3 is 0 Å². The predicted molar refractivity (Wildman–Crippen MR) is 97.3 cm³/mol. The molecule has 26 heavy (non-hydrogen) atoms. The molecule has 5 nitrogen and oxygen atoms in total. The van der Waals surface area contributed by atoms with Gasteiger partial charge in [-0.15, -0.1) is 0 Å². The Kier molecular flexibility index (Phi) is 7.14. The Labute approximate surface area is 152 Å². The maximum absolute atomic E-state index is 12.9. The molecular weight excluding hydrogens is 335 g/mol. The summed E-state index contributed by atoms with van der Waals surface area (Å²) < 4.78 is 18.4. The van der Waals surface area contributed by atoms with Crippen LogP contribution in [0.4, 0.5) is 4.39 Å². The maximum atomic E-state index is 12.9. The second kappa shape index (κ2) is 9.56. The SMILES string of the molecule is CNC(=O)[C@H](C)N(CCc1ccccc1)C(=O)COc1ccc(F)cc1. The summed E-state index contributed by atoms with van der Waals surface area (Å²) in [4.78, 5) is 26.1. The quantitative estimate of drug-likeness (QED) is 0.788. The number of carbonyl (C=O) groups is 2. The molecule has 0 heterocycles. The van der Waals surface area contributed by atoms with Gasteiger partial charge in [-0.3, -0.25) is 9.59 Å². The van der Waals surface area contributed by atoms with E-state index in [-0.39, 0.29) is 24.2 Å². The molecule has 2 amide bonds. The van der Waals surface area contributed by atoms with Crippen LogP contribution in [0.2, 0.25) is 0 Å². The molecule has 0 saturated carbocycles. The van der Waals surface area contributed by atoms with Crippen LogP contribution in [-0.2, 0) is 16.0 Å². The fraction of sp³-hybridized carbons (Fsp3) is 0.300. The lowest BCUT2D eigenvalue weighted by molar-refractivity contribution is -0.141. The first-order valence-corrected chi connectivity index (χ1v) is 8.44. The van der Waals surface area contributed by atoms with Crippen LogP contribution in [0.15, 0.2) is 54.6 Å².